The number of aliphatic carboxylic acids is 1. The Kier molecular flexibility index (Phi) is 7.31. The molecule has 0 saturated heterocycles. The predicted octanol–water partition coefficient (Wildman–Crippen LogP) is 2.64. The number of benzene rings is 2. The molecule has 0 radical (unpaired) electrons. The summed E-state index contributed by atoms with van der Waals surface area (Å²) in [6.07, 6.45) is 1.01. The normalized spacial score (nSPS) is 11.4. The van der Waals surface area contributed by atoms with Gasteiger partial charge in [-0.2, -0.15) is 0 Å². The third-order valence-corrected chi connectivity index (χ3v) is 5.26. The van der Waals surface area contributed by atoms with Crippen LogP contribution in [0, 0.1) is 0 Å². The van der Waals surface area contributed by atoms with Crippen LogP contribution in [-0.2, 0) is 17.9 Å². The zero-order chi connectivity index (χ0) is 25.7. The molecular weight excluding hydrogens is 490 g/mol. The monoisotopic (exact) mass is 509 g/mol. The second-order valence-corrected chi connectivity index (χ2v) is 8.04. The van der Waals surface area contributed by atoms with E-state index < -0.39 is 23.8 Å². The molecule has 0 bridgehead atoms. The van der Waals surface area contributed by atoms with E-state index in [1.807, 2.05) is 0 Å². The number of carboxylic acid groups (broad SMARTS) is 1. The summed E-state index contributed by atoms with van der Waals surface area (Å²) in [6.45, 7) is -0.230. The number of halogens is 1. The molecule has 2 heterocycles. The number of aromatic hydroxyl groups is 1. The smallest absolute Gasteiger partial charge is 0.335 e. The molecule has 3 N–H and O–H groups in total. The van der Waals surface area contributed by atoms with E-state index in [1.165, 1.54) is 16.8 Å². The first kappa shape index (κ1) is 24.5. The van der Waals surface area contributed by atoms with Crippen molar-refractivity contribution in [2.45, 2.75) is 19.5 Å². The number of pyridine rings is 1. The lowest BCUT2D eigenvalue weighted by atomic mass is 10.2. The van der Waals surface area contributed by atoms with Gasteiger partial charge in [0.1, 0.15) is 11.5 Å². The molecule has 0 fully saturated rings. The number of rotatable bonds is 8. The number of nitrogens with one attached hydrogen (secondary N) is 1. The summed E-state index contributed by atoms with van der Waals surface area (Å²) in [5.74, 6) is -0.455. The van der Waals surface area contributed by atoms with Crippen LogP contribution in [0.25, 0.3) is 0 Å². The van der Waals surface area contributed by atoms with Gasteiger partial charge in [0.2, 0.25) is 11.5 Å². The SMILES string of the molecule is O=C(O)CCn1c(=O)[nH]/c(=N\c2ccc(Oc3ccnc(O)c3)cc2)n(Cc2ccc(Cl)cc2)c1=O. The van der Waals surface area contributed by atoms with Gasteiger partial charge in [-0.1, -0.05) is 23.7 Å². The number of hydrogen-bond acceptors (Lipinski definition) is 7. The molecule has 11 nitrogen and oxygen atoms in total. The summed E-state index contributed by atoms with van der Waals surface area (Å²) in [4.78, 5) is 47.4. The maximum Gasteiger partial charge on any atom is 0.335 e. The molecule has 4 aromatic rings. The van der Waals surface area contributed by atoms with Gasteiger partial charge in [0.05, 0.1) is 18.7 Å². The fourth-order valence-corrected chi connectivity index (χ4v) is 3.40. The Balaban J connectivity index is 1.72. The van der Waals surface area contributed by atoms with Gasteiger partial charge in [0.15, 0.2) is 0 Å². The third kappa shape index (κ3) is 6.07. The van der Waals surface area contributed by atoms with Crippen molar-refractivity contribution in [3.8, 4) is 17.4 Å². The largest absolute Gasteiger partial charge is 0.493 e. The summed E-state index contributed by atoms with van der Waals surface area (Å²) < 4.78 is 7.73. The lowest BCUT2D eigenvalue weighted by Crippen LogP contribution is -2.50. The van der Waals surface area contributed by atoms with E-state index in [4.69, 9.17) is 21.4 Å². The fourth-order valence-electron chi connectivity index (χ4n) is 3.27. The maximum absolute atomic E-state index is 13.2. The molecule has 0 aliphatic carbocycles. The van der Waals surface area contributed by atoms with Crippen LogP contribution in [0.3, 0.4) is 0 Å². The number of ether oxygens (including phenoxy) is 1. The van der Waals surface area contributed by atoms with Crippen molar-refractivity contribution in [1.82, 2.24) is 19.1 Å². The molecule has 2 aromatic carbocycles. The van der Waals surface area contributed by atoms with E-state index in [2.05, 4.69) is 15.0 Å². The lowest BCUT2D eigenvalue weighted by Gasteiger charge is -2.11. The molecule has 12 heteroatoms. The van der Waals surface area contributed by atoms with E-state index in [9.17, 15) is 19.5 Å². The average Bonchev–Trinajstić information content (AvgIpc) is 2.83. The first-order valence-electron chi connectivity index (χ1n) is 10.7. The zero-order valence-electron chi connectivity index (χ0n) is 18.7. The Hall–Kier alpha value is -4.64. The molecule has 0 unspecified atom stereocenters. The number of aromatic nitrogens is 4. The standard InChI is InChI=1S/C24H20ClN5O6/c25-16-3-1-15(2-4-16)14-30-22(28-23(34)29(24(30)35)12-10-21(32)33)27-17-5-7-18(8-6-17)36-19-9-11-26-20(31)13-19/h1-9,11,13H,10,12,14H2,(H,26,31)(H,32,33)(H,27,28,34). The molecule has 0 spiro atoms. The van der Waals surface area contributed by atoms with Crippen molar-refractivity contribution in [3.05, 3.63) is 104 Å². The van der Waals surface area contributed by atoms with Gasteiger partial charge in [-0.15, -0.1) is 0 Å². The van der Waals surface area contributed by atoms with Crippen LogP contribution < -0.4 is 21.7 Å². The quantitative estimate of drug-likeness (QED) is 0.330. The van der Waals surface area contributed by atoms with E-state index in [0.717, 1.165) is 10.1 Å². The Bertz CT molecular complexity index is 1570. The van der Waals surface area contributed by atoms with Crippen molar-refractivity contribution in [2.75, 3.05) is 0 Å². The molecule has 4 rings (SSSR count). The summed E-state index contributed by atoms with van der Waals surface area (Å²) >= 11 is 5.95. The van der Waals surface area contributed by atoms with Gasteiger partial charge < -0.3 is 14.9 Å². The highest BCUT2D eigenvalue weighted by molar-refractivity contribution is 6.30. The van der Waals surface area contributed by atoms with Crippen LogP contribution >= 0.6 is 11.6 Å². The third-order valence-electron chi connectivity index (χ3n) is 5.01. The number of nitrogens with zero attached hydrogens (tertiary/aromatic N) is 4. The van der Waals surface area contributed by atoms with Crippen LogP contribution in [0.5, 0.6) is 17.4 Å². The van der Waals surface area contributed by atoms with Gasteiger partial charge in [-0.3, -0.25) is 14.3 Å². The van der Waals surface area contributed by atoms with Gasteiger partial charge in [-0.25, -0.2) is 24.1 Å². The summed E-state index contributed by atoms with van der Waals surface area (Å²) in [6, 6.07) is 16.3. The van der Waals surface area contributed by atoms with Crippen LogP contribution in [-0.4, -0.2) is 35.3 Å². The highest BCUT2D eigenvalue weighted by atomic mass is 35.5. The van der Waals surface area contributed by atoms with Crippen molar-refractivity contribution < 1.29 is 19.7 Å². The molecule has 2 aromatic heterocycles. The average molecular weight is 510 g/mol. The molecule has 0 atom stereocenters. The van der Waals surface area contributed by atoms with Crippen LogP contribution in [0.4, 0.5) is 5.69 Å². The summed E-state index contributed by atoms with van der Waals surface area (Å²) in [7, 11) is 0. The second kappa shape index (κ2) is 10.7. The number of aromatic amines is 1. The Morgan fingerprint density at radius 2 is 1.75 bits per heavy atom. The first-order valence-corrected chi connectivity index (χ1v) is 11.0. The second-order valence-electron chi connectivity index (χ2n) is 7.60. The molecule has 0 saturated carbocycles. The molecule has 184 valence electrons. The zero-order valence-corrected chi connectivity index (χ0v) is 19.4. The Labute approximate surface area is 208 Å². The molecule has 0 aliphatic rings. The highest BCUT2D eigenvalue weighted by Crippen LogP contribution is 2.25. The minimum atomic E-state index is -1.14. The van der Waals surface area contributed by atoms with E-state index >= 15 is 0 Å². The minimum Gasteiger partial charge on any atom is -0.493 e. The van der Waals surface area contributed by atoms with Crippen molar-refractivity contribution >= 4 is 23.3 Å². The highest BCUT2D eigenvalue weighted by Gasteiger charge is 2.11. The summed E-state index contributed by atoms with van der Waals surface area (Å²) in [5, 5.41) is 19.0. The Morgan fingerprint density at radius 3 is 2.42 bits per heavy atom. The fraction of sp³-hybridized carbons (Fsp3) is 0.125. The van der Waals surface area contributed by atoms with Crippen LogP contribution in [0.15, 0.2) is 81.4 Å². The van der Waals surface area contributed by atoms with E-state index in [-0.39, 0.29) is 24.6 Å². The summed E-state index contributed by atoms with van der Waals surface area (Å²) in [5.41, 5.74) is -0.350. The molecule has 0 aliphatic heterocycles. The predicted molar refractivity (Wildman–Crippen MR) is 130 cm³/mol. The van der Waals surface area contributed by atoms with Crippen LogP contribution in [0.2, 0.25) is 5.02 Å². The molecule has 36 heavy (non-hydrogen) atoms. The first-order chi connectivity index (χ1) is 17.3. The van der Waals surface area contributed by atoms with Gasteiger partial charge >= 0.3 is 17.3 Å². The Morgan fingerprint density at radius 1 is 1.03 bits per heavy atom. The number of hydrogen-bond donors (Lipinski definition) is 3. The minimum absolute atomic E-state index is 0.0146. The number of H-pyrrole nitrogens is 1. The van der Waals surface area contributed by atoms with Gasteiger partial charge in [0.25, 0.3) is 0 Å². The van der Waals surface area contributed by atoms with E-state index in [1.54, 1.807) is 54.6 Å². The van der Waals surface area contributed by atoms with Gasteiger partial charge in [-0.05, 0) is 48.0 Å². The molecular formula is C24H20ClN5O6. The number of carboxylic acids is 1. The number of carbonyl (C=O) groups is 1. The van der Waals surface area contributed by atoms with E-state index in [0.29, 0.717) is 22.2 Å². The topological polar surface area (TPSA) is 152 Å². The van der Waals surface area contributed by atoms with Crippen molar-refractivity contribution in [1.29, 1.82) is 0 Å². The van der Waals surface area contributed by atoms with Crippen LogP contribution in [0.1, 0.15) is 12.0 Å². The maximum atomic E-state index is 13.2. The lowest BCUT2D eigenvalue weighted by molar-refractivity contribution is -0.137. The van der Waals surface area contributed by atoms with Crippen molar-refractivity contribution in [2.24, 2.45) is 4.99 Å². The van der Waals surface area contributed by atoms with Gasteiger partial charge in [0, 0.05) is 23.8 Å². The molecule has 0 amide bonds. The van der Waals surface area contributed by atoms with Crippen molar-refractivity contribution in [3.63, 3.8) is 0 Å².